The molecule has 0 N–H and O–H groups in total. The Kier molecular flexibility index (Phi) is 4.39. The predicted octanol–water partition coefficient (Wildman–Crippen LogP) is 3.05. The van der Waals surface area contributed by atoms with Crippen LogP contribution < -0.4 is 4.90 Å². The Bertz CT molecular complexity index is 475. The smallest absolute Gasteiger partial charge is 0.269 e. The SMILES string of the molecule is O=[N+]([O-])c1ccc(N2CCC(N3CCCCC3)CC2)cc1. The lowest BCUT2D eigenvalue weighted by Crippen LogP contribution is -2.46. The zero-order valence-electron chi connectivity index (χ0n) is 12.4. The summed E-state index contributed by atoms with van der Waals surface area (Å²) in [4.78, 5) is 15.4. The molecule has 0 radical (unpaired) electrons. The van der Waals surface area contributed by atoms with Crippen LogP contribution in [0.2, 0.25) is 0 Å². The average molecular weight is 289 g/mol. The van der Waals surface area contributed by atoms with Crippen LogP contribution in [0, 0.1) is 10.1 Å². The maximum Gasteiger partial charge on any atom is 0.269 e. The van der Waals surface area contributed by atoms with Gasteiger partial charge in [-0.3, -0.25) is 10.1 Å². The minimum atomic E-state index is -0.341. The minimum absolute atomic E-state index is 0.168. The van der Waals surface area contributed by atoms with Crippen molar-refractivity contribution in [3.05, 3.63) is 34.4 Å². The van der Waals surface area contributed by atoms with Crippen LogP contribution in [0.5, 0.6) is 0 Å². The van der Waals surface area contributed by atoms with Crippen molar-refractivity contribution in [2.75, 3.05) is 31.1 Å². The molecule has 0 spiro atoms. The van der Waals surface area contributed by atoms with E-state index in [2.05, 4.69) is 9.80 Å². The quantitative estimate of drug-likeness (QED) is 0.634. The lowest BCUT2D eigenvalue weighted by molar-refractivity contribution is -0.384. The first-order valence-corrected chi connectivity index (χ1v) is 7.97. The first-order chi connectivity index (χ1) is 10.2. The molecule has 0 aromatic heterocycles. The molecule has 0 bridgehead atoms. The van der Waals surface area contributed by atoms with Crippen molar-refractivity contribution >= 4 is 11.4 Å². The van der Waals surface area contributed by atoms with Gasteiger partial charge in [-0.25, -0.2) is 0 Å². The predicted molar refractivity (Wildman–Crippen MR) is 83.8 cm³/mol. The fourth-order valence-corrected chi connectivity index (χ4v) is 3.56. The highest BCUT2D eigenvalue weighted by molar-refractivity contribution is 5.51. The van der Waals surface area contributed by atoms with Crippen molar-refractivity contribution in [2.45, 2.75) is 38.1 Å². The van der Waals surface area contributed by atoms with Gasteiger partial charge >= 0.3 is 0 Å². The van der Waals surface area contributed by atoms with E-state index in [9.17, 15) is 10.1 Å². The van der Waals surface area contributed by atoms with Crippen LogP contribution >= 0.6 is 0 Å². The molecule has 21 heavy (non-hydrogen) atoms. The molecule has 2 saturated heterocycles. The standard InChI is InChI=1S/C16H23N3O2/c20-19(21)16-6-4-14(5-7-16)18-12-8-15(9-13-18)17-10-2-1-3-11-17/h4-7,15H,1-3,8-13H2. The highest BCUT2D eigenvalue weighted by Crippen LogP contribution is 2.26. The van der Waals surface area contributed by atoms with Crippen LogP contribution in [-0.2, 0) is 0 Å². The van der Waals surface area contributed by atoms with E-state index in [-0.39, 0.29) is 10.6 Å². The molecule has 1 aromatic rings. The third kappa shape index (κ3) is 3.35. The van der Waals surface area contributed by atoms with Gasteiger partial charge in [0.1, 0.15) is 0 Å². The maximum absolute atomic E-state index is 10.7. The number of nitrogens with zero attached hydrogens (tertiary/aromatic N) is 3. The van der Waals surface area contributed by atoms with Gasteiger partial charge in [-0.1, -0.05) is 6.42 Å². The van der Waals surface area contributed by atoms with Crippen molar-refractivity contribution in [1.82, 2.24) is 4.90 Å². The lowest BCUT2D eigenvalue weighted by atomic mass is 9.99. The second kappa shape index (κ2) is 6.43. The minimum Gasteiger partial charge on any atom is -0.371 e. The number of likely N-dealkylation sites (tertiary alicyclic amines) is 1. The topological polar surface area (TPSA) is 49.6 Å². The summed E-state index contributed by atoms with van der Waals surface area (Å²) in [7, 11) is 0. The summed E-state index contributed by atoms with van der Waals surface area (Å²) in [6.45, 7) is 4.64. The third-order valence-electron chi connectivity index (χ3n) is 4.80. The first-order valence-electron chi connectivity index (χ1n) is 7.97. The molecule has 5 heteroatoms. The Balaban J connectivity index is 1.56. The summed E-state index contributed by atoms with van der Waals surface area (Å²) in [5.74, 6) is 0. The fourth-order valence-electron chi connectivity index (χ4n) is 3.56. The van der Waals surface area contributed by atoms with Crippen LogP contribution in [0.25, 0.3) is 0 Å². The summed E-state index contributed by atoms with van der Waals surface area (Å²) in [6, 6.07) is 7.69. The van der Waals surface area contributed by atoms with Gasteiger partial charge in [0.15, 0.2) is 0 Å². The van der Waals surface area contributed by atoms with E-state index >= 15 is 0 Å². The van der Waals surface area contributed by atoms with Crippen LogP contribution in [0.4, 0.5) is 11.4 Å². The van der Waals surface area contributed by atoms with Crippen molar-refractivity contribution in [3.63, 3.8) is 0 Å². The van der Waals surface area contributed by atoms with Gasteiger partial charge < -0.3 is 9.80 Å². The normalized spacial score (nSPS) is 21.4. The van der Waals surface area contributed by atoms with Gasteiger partial charge in [0, 0.05) is 37.0 Å². The van der Waals surface area contributed by atoms with Gasteiger partial charge in [-0.05, 0) is 50.9 Å². The molecule has 2 heterocycles. The van der Waals surface area contributed by atoms with Gasteiger partial charge in [0.05, 0.1) is 4.92 Å². The maximum atomic E-state index is 10.7. The van der Waals surface area contributed by atoms with Crippen LogP contribution in [0.15, 0.2) is 24.3 Å². The summed E-state index contributed by atoms with van der Waals surface area (Å²) >= 11 is 0. The van der Waals surface area contributed by atoms with Crippen LogP contribution in [0.1, 0.15) is 32.1 Å². The Hall–Kier alpha value is -1.62. The number of non-ortho nitro benzene ring substituents is 1. The van der Waals surface area contributed by atoms with Crippen LogP contribution in [-0.4, -0.2) is 42.0 Å². The number of benzene rings is 1. The molecule has 0 amide bonds. The zero-order chi connectivity index (χ0) is 14.7. The van der Waals surface area contributed by atoms with Crippen molar-refractivity contribution in [1.29, 1.82) is 0 Å². The van der Waals surface area contributed by atoms with E-state index in [4.69, 9.17) is 0 Å². The molecular weight excluding hydrogens is 266 g/mol. The van der Waals surface area contributed by atoms with Gasteiger partial charge in [-0.15, -0.1) is 0 Å². The van der Waals surface area contributed by atoms with Crippen molar-refractivity contribution in [2.24, 2.45) is 0 Å². The van der Waals surface area contributed by atoms with Crippen molar-refractivity contribution < 1.29 is 4.92 Å². The molecule has 3 rings (SSSR count). The zero-order valence-corrected chi connectivity index (χ0v) is 12.4. The van der Waals surface area contributed by atoms with Crippen molar-refractivity contribution in [3.8, 4) is 0 Å². The number of nitro groups is 1. The van der Waals surface area contributed by atoms with E-state index < -0.39 is 0 Å². The molecule has 5 nitrogen and oxygen atoms in total. The van der Waals surface area contributed by atoms with E-state index in [1.807, 2.05) is 12.1 Å². The molecule has 2 aliphatic rings. The number of hydrogen-bond donors (Lipinski definition) is 0. The monoisotopic (exact) mass is 289 g/mol. The summed E-state index contributed by atoms with van der Waals surface area (Å²) in [6.07, 6.45) is 6.50. The highest BCUT2D eigenvalue weighted by atomic mass is 16.6. The molecule has 1 aromatic carbocycles. The lowest BCUT2D eigenvalue weighted by Gasteiger charge is -2.41. The number of hydrogen-bond acceptors (Lipinski definition) is 4. The molecule has 0 atom stereocenters. The Morgan fingerprint density at radius 1 is 0.952 bits per heavy atom. The molecule has 2 aliphatic heterocycles. The first kappa shape index (κ1) is 14.3. The van der Waals surface area contributed by atoms with E-state index in [0.29, 0.717) is 0 Å². The van der Waals surface area contributed by atoms with Gasteiger partial charge in [0.2, 0.25) is 0 Å². The largest absolute Gasteiger partial charge is 0.371 e. The molecule has 0 saturated carbocycles. The Morgan fingerprint density at radius 3 is 2.14 bits per heavy atom. The van der Waals surface area contributed by atoms with Gasteiger partial charge in [0.25, 0.3) is 5.69 Å². The molecule has 0 aliphatic carbocycles. The number of piperidine rings is 2. The summed E-state index contributed by atoms with van der Waals surface area (Å²) in [5.41, 5.74) is 1.28. The Labute approximate surface area is 125 Å². The molecule has 114 valence electrons. The molecule has 0 unspecified atom stereocenters. The van der Waals surface area contributed by atoms with Gasteiger partial charge in [-0.2, -0.15) is 0 Å². The molecular formula is C16H23N3O2. The molecule has 2 fully saturated rings. The highest BCUT2D eigenvalue weighted by Gasteiger charge is 2.25. The fraction of sp³-hybridized carbons (Fsp3) is 0.625. The van der Waals surface area contributed by atoms with E-state index in [0.717, 1.165) is 24.8 Å². The summed E-state index contributed by atoms with van der Waals surface area (Å²) in [5, 5.41) is 10.7. The third-order valence-corrected chi connectivity index (χ3v) is 4.80. The van der Waals surface area contributed by atoms with E-state index in [1.165, 1.54) is 45.2 Å². The number of anilines is 1. The van der Waals surface area contributed by atoms with E-state index in [1.54, 1.807) is 12.1 Å². The van der Waals surface area contributed by atoms with Crippen LogP contribution in [0.3, 0.4) is 0 Å². The second-order valence-electron chi connectivity index (χ2n) is 6.09. The number of nitro benzene ring substituents is 1. The number of rotatable bonds is 3. The second-order valence-corrected chi connectivity index (χ2v) is 6.09. The average Bonchev–Trinajstić information content (AvgIpc) is 2.56. The Morgan fingerprint density at radius 2 is 1.57 bits per heavy atom. The summed E-state index contributed by atoms with van der Waals surface area (Å²) < 4.78 is 0.